The van der Waals surface area contributed by atoms with Gasteiger partial charge in [-0.1, -0.05) is 12.1 Å². The van der Waals surface area contributed by atoms with Crippen LogP contribution in [0.5, 0.6) is 0 Å². The zero-order valence-electron chi connectivity index (χ0n) is 10.3. The molecule has 17 heavy (non-hydrogen) atoms. The third-order valence-electron chi connectivity index (χ3n) is 2.23. The Morgan fingerprint density at radius 2 is 2.12 bits per heavy atom. The molecule has 7 nitrogen and oxygen atoms in total. The summed E-state index contributed by atoms with van der Waals surface area (Å²) in [6, 6.07) is 0.143. The fraction of sp³-hybridized carbons (Fsp3) is 0.889. The van der Waals surface area contributed by atoms with Crippen LogP contribution in [0.4, 0.5) is 0 Å². The maximum absolute atomic E-state index is 10.8. The molecule has 0 aromatic rings. The van der Waals surface area contributed by atoms with Gasteiger partial charge in [0.15, 0.2) is 0 Å². The molecule has 0 saturated heterocycles. The van der Waals surface area contributed by atoms with Crippen molar-refractivity contribution in [2.75, 3.05) is 19.3 Å². The predicted molar refractivity (Wildman–Crippen MR) is 67.6 cm³/mol. The molecule has 0 aliphatic heterocycles. The Balaban J connectivity index is 3.71. The van der Waals surface area contributed by atoms with Gasteiger partial charge in [0.25, 0.3) is 0 Å². The van der Waals surface area contributed by atoms with Crippen molar-refractivity contribution in [3.8, 4) is 0 Å². The minimum absolute atomic E-state index is 0.143. The molecule has 1 atom stereocenters. The Hall–Kier alpha value is -0.860. The van der Waals surface area contributed by atoms with Gasteiger partial charge in [0.05, 0.1) is 6.26 Å². The molecule has 102 valence electrons. The fourth-order valence-corrected chi connectivity index (χ4v) is 1.82. The third kappa shape index (κ3) is 10.0. The number of nitrogens with two attached hydrogens (primary N) is 1. The quantitative estimate of drug-likeness (QED) is 0.147. The van der Waals surface area contributed by atoms with Gasteiger partial charge in [-0.3, -0.25) is 0 Å². The van der Waals surface area contributed by atoms with Crippen LogP contribution in [0.1, 0.15) is 26.2 Å². The molecule has 0 heterocycles. The standard InChI is InChI=1S/C9H22N4O3S/c1-3-8(7-9(10)13-14)11-5-4-6-12-17(2,15)16/h8,11-12,14H,3-7H2,1-2H3,(H2,10,13). The lowest BCUT2D eigenvalue weighted by Crippen LogP contribution is -2.35. The lowest BCUT2D eigenvalue weighted by molar-refractivity contribution is 0.315. The molecule has 0 radical (unpaired) electrons. The van der Waals surface area contributed by atoms with Gasteiger partial charge in [0.2, 0.25) is 10.0 Å². The van der Waals surface area contributed by atoms with Crippen LogP contribution in [0.25, 0.3) is 0 Å². The molecule has 5 N–H and O–H groups in total. The van der Waals surface area contributed by atoms with Gasteiger partial charge in [-0.25, -0.2) is 13.1 Å². The zero-order valence-corrected chi connectivity index (χ0v) is 11.1. The maximum atomic E-state index is 10.8. The molecular weight excluding hydrogens is 244 g/mol. The monoisotopic (exact) mass is 266 g/mol. The molecule has 0 bridgehead atoms. The summed E-state index contributed by atoms with van der Waals surface area (Å²) in [4.78, 5) is 0. The van der Waals surface area contributed by atoms with Crippen LogP contribution in [0.3, 0.4) is 0 Å². The van der Waals surface area contributed by atoms with Gasteiger partial charge in [-0.05, 0) is 19.4 Å². The average molecular weight is 266 g/mol. The van der Waals surface area contributed by atoms with Crippen molar-refractivity contribution in [3.05, 3.63) is 0 Å². The SMILES string of the molecule is CCC(CC(N)=NO)NCCCNS(C)(=O)=O. The summed E-state index contributed by atoms with van der Waals surface area (Å²) in [7, 11) is -3.10. The number of sulfonamides is 1. The number of hydrogen-bond acceptors (Lipinski definition) is 5. The van der Waals surface area contributed by atoms with E-state index in [1.807, 2.05) is 6.92 Å². The Labute approximate surface area is 103 Å². The highest BCUT2D eigenvalue weighted by Crippen LogP contribution is 1.97. The van der Waals surface area contributed by atoms with Crippen LogP contribution in [-0.2, 0) is 10.0 Å². The normalized spacial score (nSPS) is 14.8. The molecule has 0 aromatic carbocycles. The first kappa shape index (κ1) is 16.1. The summed E-state index contributed by atoms with van der Waals surface area (Å²) in [5.74, 6) is 0.193. The fourth-order valence-electron chi connectivity index (χ4n) is 1.31. The number of rotatable bonds is 9. The number of nitrogens with zero attached hydrogens (tertiary/aromatic N) is 1. The maximum Gasteiger partial charge on any atom is 0.208 e. The predicted octanol–water partition coefficient (Wildman–Crippen LogP) is -0.570. The molecule has 0 fully saturated rings. The number of nitrogens with one attached hydrogen (secondary N) is 2. The second-order valence-corrected chi connectivity index (χ2v) is 5.71. The second-order valence-electron chi connectivity index (χ2n) is 3.87. The van der Waals surface area contributed by atoms with E-state index in [4.69, 9.17) is 10.9 Å². The van der Waals surface area contributed by atoms with Crippen molar-refractivity contribution >= 4 is 15.9 Å². The van der Waals surface area contributed by atoms with E-state index < -0.39 is 10.0 Å². The lowest BCUT2D eigenvalue weighted by atomic mass is 10.1. The molecule has 0 rings (SSSR count). The van der Waals surface area contributed by atoms with Crippen LogP contribution in [0, 0.1) is 0 Å². The molecule has 0 aliphatic rings. The van der Waals surface area contributed by atoms with Gasteiger partial charge in [0.1, 0.15) is 5.84 Å². The van der Waals surface area contributed by atoms with E-state index in [-0.39, 0.29) is 11.9 Å². The average Bonchev–Trinajstić information content (AvgIpc) is 2.25. The molecule has 0 aliphatic carbocycles. The van der Waals surface area contributed by atoms with Gasteiger partial charge in [-0.2, -0.15) is 0 Å². The topological polar surface area (TPSA) is 117 Å². The number of hydrogen-bond donors (Lipinski definition) is 4. The number of oxime groups is 1. The first-order valence-electron chi connectivity index (χ1n) is 5.53. The van der Waals surface area contributed by atoms with E-state index in [0.29, 0.717) is 25.9 Å². The summed E-state index contributed by atoms with van der Waals surface area (Å²) in [6.45, 7) is 3.09. The van der Waals surface area contributed by atoms with Crippen LogP contribution in [-0.4, -0.2) is 44.8 Å². The Morgan fingerprint density at radius 3 is 2.59 bits per heavy atom. The van der Waals surface area contributed by atoms with E-state index in [0.717, 1.165) is 12.7 Å². The third-order valence-corrected chi connectivity index (χ3v) is 2.96. The summed E-state index contributed by atoms with van der Waals surface area (Å²) in [6.07, 6.45) is 3.16. The van der Waals surface area contributed by atoms with Gasteiger partial charge in [-0.15, -0.1) is 0 Å². The number of amidine groups is 1. The molecule has 1 unspecified atom stereocenters. The summed E-state index contributed by atoms with van der Waals surface area (Å²) in [5.41, 5.74) is 5.41. The Kier molecular flexibility index (Phi) is 7.85. The van der Waals surface area contributed by atoms with Crippen LogP contribution >= 0.6 is 0 Å². The van der Waals surface area contributed by atoms with E-state index in [1.54, 1.807) is 0 Å². The highest BCUT2D eigenvalue weighted by Gasteiger charge is 2.07. The van der Waals surface area contributed by atoms with Crippen LogP contribution in [0.15, 0.2) is 5.16 Å². The van der Waals surface area contributed by atoms with Crippen LogP contribution in [0.2, 0.25) is 0 Å². The molecule has 0 aromatic heterocycles. The Bertz CT molecular complexity index is 329. The van der Waals surface area contributed by atoms with Gasteiger partial charge in [0, 0.05) is 19.0 Å². The highest BCUT2D eigenvalue weighted by atomic mass is 32.2. The van der Waals surface area contributed by atoms with Crippen molar-refractivity contribution in [2.24, 2.45) is 10.9 Å². The molecule has 0 spiro atoms. The van der Waals surface area contributed by atoms with E-state index in [2.05, 4.69) is 15.2 Å². The molecule has 8 heteroatoms. The minimum atomic E-state index is -3.10. The smallest absolute Gasteiger partial charge is 0.208 e. The molecule has 0 saturated carbocycles. The highest BCUT2D eigenvalue weighted by molar-refractivity contribution is 7.88. The van der Waals surface area contributed by atoms with E-state index in [1.165, 1.54) is 0 Å². The minimum Gasteiger partial charge on any atom is -0.409 e. The van der Waals surface area contributed by atoms with Crippen LogP contribution < -0.4 is 15.8 Å². The summed E-state index contributed by atoms with van der Waals surface area (Å²) in [5, 5.41) is 14.6. The van der Waals surface area contributed by atoms with E-state index >= 15 is 0 Å². The van der Waals surface area contributed by atoms with Crippen molar-refractivity contribution in [3.63, 3.8) is 0 Å². The Morgan fingerprint density at radius 1 is 1.47 bits per heavy atom. The van der Waals surface area contributed by atoms with Crippen molar-refractivity contribution in [2.45, 2.75) is 32.2 Å². The van der Waals surface area contributed by atoms with Gasteiger partial charge < -0.3 is 16.3 Å². The first-order valence-corrected chi connectivity index (χ1v) is 7.42. The van der Waals surface area contributed by atoms with Crippen molar-refractivity contribution in [1.29, 1.82) is 0 Å². The van der Waals surface area contributed by atoms with Crippen molar-refractivity contribution in [1.82, 2.24) is 10.0 Å². The lowest BCUT2D eigenvalue weighted by Gasteiger charge is -2.15. The van der Waals surface area contributed by atoms with Crippen molar-refractivity contribution < 1.29 is 13.6 Å². The molecular formula is C9H22N4O3S. The van der Waals surface area contributed by atoms with E-state index in [9.17, 15) is 8.42 Å². The summed E-state index contributed by atoms with van der Waals surface area (Å²) < 4.78 is 24.0. The first-order chi connectivity index (χ1) is 7.89. The second kappa shape index (κ2) is 8.26. The zero-order chi connectivity index (χ0) is 13.3. The summed E-state index contributed by atoms with van der Waals surface area (Å²) >= 11 is 0. The van der Waals surface area contributed by atoms with Gasteiger partial charge >= 0.3 is 0 Å². The largest absolute Gasteiger partial charge is 0.409 e. The molecule has 0 amide bonds.